The van der Waals surface area contributed by atoms with Gasteiger partial charge in [-0.15, -0.1) is 0 Å². The molecule has 0 unspecified atom stereocenters. The summed E-state index contributed by atoms with van der Waals surface area (Å²) >= 11 is 0. The van der Waals surface area contributed by atoms with E-state index in [4.69, 9.17) is 9.05 Å². The molecule has 1 aromatic rings. The average Bonchev–Trinajstić information content (AvgIpc) is 2.32. The average molecular weight is 284 g/mol. The van der Waals surface area contributed by atoms with Crippen LogP contribution < -0.4 is 0 Å². The summed E-state index contributed by atoms with van der Waals surface area (Å²) < 4.78 is 22.6. The molecule has 1 rings (SSSR count). The zero-order chi connectivity index (χ0) is 14.5. The zero-order valence-corrected chi connectivity index (χ0v) is 12.8. The highest BCUT2D eigenvalue weighted by atomic mass is 31.2. The number of benzene rings is 1. The maximum atomic E-state index is 12.3. The number of hydrogen-bond acceptors (Lipinski definition) is 4. The molecular formula is C14H21O4P. The SMILES string of the molecule is CCOP(=O)(CC(=O)c1cc(C)ccc1C)OCC. The van der Waals surface area contributed by atoms with Gasteiger partial charge in [0.2, 0.25) is 0 Å². The number of carbonyl (C=O) groups is 1. The van der Waals surface area contributed by atoms with E-state index < -0.39 is 7.60 Å². The van der Waals surface area contributed by atoms with E-state index in [0.29, 0.717) is 5.56 Å². The number of carbonyl (C=O) groups excluding carboxylic acids is 1. The van der Waals surface area contributed by atoms with Crippen LogP contribution >= 0.6 is 7.60 Å². The Morgan fingerprint density at radius 1 is 1.16 bits per heavy atom. The molecule has 1 aromatic carbocycles. The van der Waals surface area contributed by atoms with Crippen molar-refractivity contribution in [2.45, 2.75) is 27.7 Å². The van der Waals surface area contributed by atoms with Crippen LogP contribution in [-0.2, 0) is 13.6 Å². The van der Waals surface area contributed by atoms with Crippen molar-refractivity contribution >= 4 is 13.4 Å². The Balaban J connectivity index is 2.94. The quantitative estimate of drug-likeness (QED) is 0.565. The molecule has 0 atom stereocenters. The van der Waals surface area contributed by atoms with Crippen LogP contribution in [0.15, 0.2) is 18.2 Å². The molecule has 0 fully saturated rings. The summed E-state index contributed by atoms with van der Waals surface area (Å²) in [5, 5.41) is 0. The topological polar surface area (TPSA) is 52.6 Å². The first-order valence-corrected chi connectivity index (χ1v) is 8.13. The van der Waals surface area contributed by atoms with E-state index in [0.717, 1.165) is 11.1 Å². The van der Waals surface area contributed by atoms with Crippen molar-refractivity contribution in [3.05, 3.63) is 34.9 Å². The highest BCUT2D eigenvalue weighted by Crippen LogP contribution is 2.48. The van der Waals surface area contributed by atoms with Gasteiger partial charge < -0.3 is 9.05 Å². The van der Waals surface area contributed by atoms with Gasteiger partial charge in [0.05, 0.1) is 13.2 Å². The van der Waals surface area contributed by atoms with E-state index >= 15 is 0 Å². The van der Waals surface area contributed by atoms with Crippen LogP contribution in [0, 0.1) is 13.8 Å². The van der Waals surface area contributed by atoms with Crippen molar-refractivity contribution in [1.82, 2.24) is 0 Å². The third kappa shape index (κ3) is 4.57. The van der Waals surface area contributed by atoms with E-state index in [1.165, 1.54) is 0 Å². The Kier molecular flexibility index (Phi) is 5.92. The molecule has 5 heteroatoms. The molecule has 0 radical (unpaired) electrons. The van der Waals surface area contributed by atoms with E-state index in [1.807, 2.05) is 26.0 Å². The molecule has 0 saturated heterocycles. The predicted octanol–water partition coefficient (Wildman–Crippen LogP) is 3.75. The summed E-state index contributed by atoms with van der Waals surface area (Å²) in [4.78, 5) is 12.3. The zero-order valence-electron chi connectivity index (χ0n) is 11.9. The lowest BCUT2D eigenvalue weighted by molar-refractivity contribution is 0.100. The van der Waals surface area contributed by atoms with Crippen LogP contribution in [0.25, 0.3) is 0 Å². The van der Waals surface area contributed by atoms with E-state index in [9.17, 15) is 9.36 Å². The third-order valence-corrected chi connectivity index (χ3v) is 4.66. The first kappa shape index (κ1) is 16.1. The molecule has 19 heavy (non-hydrogen) atoms. The van der Waals surface area contributed by atoms with Crippen molar-refractivity contribution < 1.29 is 18.4 Å². The molecule has 0 aliphatic heterocycles. The van der Waals surface area contributed by atoms with Crippen molar-refractivity contribution in [3.8, 4) is 0 Å². The molecule has 0 bridgehead atoms. The summed E-state index contributed by atoms with van der Waals surface area (Å²) in [5.41, 5.74) is 2.45. The first-order valence-electron chi connectivity index (χ1n) is 6.40. The molecule has 106 valence electrons. The Labute approximate surface area is 114 Å². The highest BCUT2D eigenvalue weighted by molar-refractivity contribution is 7.54. The van der Waals surface area contributed by atoms with Gasteiger partial charge >= 0.3 is 7.60 Å². The molecule has 0 aliphatic rings. The van der Waals surface area contributed by atoms with Crippen molar-refractivity contribution in [2.24, 2.45) is 0 Å². The number of aryl methyl sites for hydroxylation is 2. The summed E-state index contributed by atoms with van der Waals surface area (Å²) in [5.74, 6) is -0.202. The Bertz CT molecular complexity index is 486. The number of hydrogen-bond donors (Lipinski definition) is 0. The van der Waals surface area contributed by atoms with E-state index in [-0.39, 0.29) is 25.2 Å². The van der Waals surface area contributed by atoms with Gasteiger partial charge in [-0.1, -0.05) is 17.7 Å². The van der Waals surface area contributed by atoms with Crippen LogP contribution in [0.1, 0.15) is 35.3 Å². The van der Waals surface area contributed by atoms with Crippen LogP contribution in [0.4, 0.5) is 0 Å². The van der Waals surface area contributed by atoms with E-state index in [2.05, 4.69) is 0 Å². The second-order valence-electron chi connectivity index (χ2n) is 4.35. The molecule has 0 aromatic heterocycles. The number of Topliss-reactive ketones (excluding diaryl/α,β-unsaturated/α-hetero) is 1. The number of rotatable bonds is 7. The van der Waals surface area contributed by atoms with Gasteiger partial charge in [0, 0.05) is 5.56 Å². The van der Waals surface area contributed by atoms with Crippen LogP contribution in [0.5, 0.6) is 0 Å². The molecule has 0 heterocycles. The van der Waals surface area contributed by atoms with Crippen LogP contribution in [0.3, 0.4) is 0 Å². The Morgan fingerprint density at radius 2 is 1.74 bits per heavy atom. The Hall–Kier alpha value is -0.960. The molecule has 0 N–H and O–H groups in total. The van der Waals surface area contributed by atoms with Crippen LogP contribution in [-0.4, -0.2) is 25.2 Å². The normalized spacial score (nSPS) is 11.6. The fraction of sp³-hybridized carbons (Fsp3) is 0.500. The standard InChI is InChI=1S/C14H21O4P/c1-5-17-19(16,18-6-2)10-14(15)13-9-11(3)7-8-12(13)4/h7-9H,5-6,10H2,1-4H3. The van der Waals surface area contributed by atoms with Gasteiger partial charge in [-0.3, -0.25) is 9.36 Å². The minimum atomic E-state index is -3.33. The first-order chi connectivity index (χ1) is 8.91. The molecule has 4 nitrogen and oxygen atoms in total. The lowest BCUT2D eigenvalue weighted by Gasteiger charge is -2.16. The maximum Gasteiger partial charge on any atom is 0.338 e. The second-order valence-corrected chi connectivity index (χ2v) is 6.40. The molecule has 0 spiro atoms. The predicted molar refractivity (Wildman–Crippen MR) is 76.0 cm³/mol. The van der Waals surface area contributed by atoms with Crippen molar-refractivity contribution in [3.63, 3.8) is 0 Å². The monoisotopic (exact) mass is 284 g/mol. The lowest BCUT2D eigenvalue weighted by Crippen LogP contribution is -2.11. The van der Waals surface area contributed by atoms with Gasteiger partial charge in [0.25, 0.3) is 0 Å². The molecule has 0 saturated carbocycles. The maximum absolute atomic E-state index is 12.3. The van der Waals surface area contributed by atoms with Gasteiger partial charge in [-0.05, 0) is 39.3 Å². The summed E-state index contributed by atoms with van der Waals surface area (Å²) in [6.07, 6.45) is -0.209. The Morgan fingerprint density at radius 3 is 2.26 bits per heavy atom. The molecular weight excluding hydrogens is 263 g/mol. The van der Waals surface area contributed by atoms with Gasteiger partial charge in [0.1, 0.15) is 6.16 Å². The highest BCUT2D eigenvalue weighted by Gasteiger charge is 2.28. The van der Waals surface area contributed by atoms with Gasteiger partial charge in [0.15, 0.2) is 5.78 Å². The fourth-order valence-corrected chi connectivity index (χ4v) is 3.39. The molecule has 0 aliphatic carbocycles. The third-order valence-electron chi connectivity index (χ3n) is 2.68. The molecule has 0 amide bonds. The minimum Gasteiger partial charge on any atom is -0.309 e. The summed E-state index contributed by atoms with van der Waals surface area (Å²) in [6.45, 7) is 7.76. The fourth-order valence-electron chi connectivity index (χ4n) is 1.82. The minimum absolute atomic E-state index is 0.202. The summed E-state index contributed by atoms with van der Waals surface area (Å²) in [7, 11) is -3.33. The lowest BCUT2D eigenvalue weighted by atomic mass is 10.0. The second kappa shape index (κ2) is 6.99. The number of ketones is 1. The smallest absolute Gasteiger partial charge is 0.309 e. The summed E-state index contributed by atoms with van der Waals surface area (Å²) in [6, 6.07) is 5.63. The van der Waals surface area contributed by atoms with E-state index in [1.54, 1.807) is 19.9 Å². The van der Waals surface area contributed by atoms with Crippen molar-refractivity contribution in [2.75, 3.05) is 19.4 Å². The largest absolute Gasteiger partial charge is 0.338 e. The van der Waals surface area contributed by atoms with Crippen molar-refractivity contribution in [1.29, 1.82) is 0 Å². The van der Waals surface area contributed by atoms with Gasteiger partial charge in [-0.25, -0.2) is 0 Å². The van der Waals surface area contributed by atoms with Gasteiger partial charge in [-0.2, -0.15) is 0 Å². The van der Waals surface area contributed by atoms with Crippen LogP contribution in [0.2, 0.25) is 0 Å².